The van der Waals surface area contributed by atoms with Crippen molar-refractivity contribution in [2.75, 3.05) is 19.7 Å². The van der Waals surface area contributed by atoms with Crippen LogP contribution in [0.2, 0.25) is 10.0 Å². The largest absolute Gasteiger partial charge is 0.491 e. The topological polar surface area (TPSA) is 49.8 Å². The number of benzene rings is 2. The molecule has 1 aliphatic heterocycles. The summed E-state index contributed by atoms with van der Waals surface area (Å²) >= 11 is 12.4. The van der Waals surface area contributed by atoms with Crippen molar-refractivity contribution in [3.63, 3.8) is 0 Å². The lowest BCUT2D eigenvalue weighted by Gasteiger charge is -2.27. The molecule has 0 spiro atoms. The van der Waals surface area contributed by atoms with Gasteiger partial charge in [-0.2, -0.15) is 0 Å². The zero-order valence-corrected chi connectivity index (χ0v) is 17.7. The minimum Gasteiger partial charge on any atom is -0.491 e. The molecule has 0 aromatic heterocycles. The van der Waals surface area contributed by atoms with Crippen LogP contribution in [0, 0.1) is 13.8 Å². The number of halogens is 2. The molecule has 6 heteroatoms. The van der Waals surface area contributed by atoms with Gasteiger partial charge in [-0.3, -0.25) is 4.79 Å². The lowest BCUT2D eigenvalue weighted by Crippen LogP contribution is -2.38. The highest BCUT2D eigenvalue weighted by Crippen LogP contribution is 2.29. The Morgan fingerprint density at radius 2 is 1.82 bits per heavy atom. The fourth-order valence-corrected chi connectivity index (χ4v) is 3.86. The fraction of sp³-hybridized carbons (Fsp3) is 0.409. The summed E-state index contributed by atoms with van der Waals surface area (Å²) in [6, 6.07) is 10.8. The highest BCUT2D eigenvalue weighted by molar-refractivity contribution is 6.33. The molecule has 1 saturated heterocycles. The van der Waals surface area contributed by atoms with Crippen LogP contribution in [0.5, 0.6) is 5.75 Å². The van der Waals surface area contributed by atoms with Gasteiger partial charge >= 0.3 is 0 Å². The first-order valence-corrected chi connectivity index (χ1v) is 10.2. The summed E-state index contributed by atoms with van der Waals surface area (Å²) in [5, 5.41) is 12.2. The highest BCUT2D eigenvalue weighted by atomic mass is 35.5. The lowest BCUT2D eigenvalue weighted by molar-refractivity contribution is -0.0163. The minimum atomic E-state index is -0.975. The normalized spacial score (nSPS) is 20.0. The molecular weight excluding hydrogens is 397 g/mol. The maximum absolute atomic E-state index is 12.8. The third-order valence-corrected chi connectivity index (χ3v) is 6.15. The van der Waals surface area contributed by atoms with E-state index in [0.717, 1.165) is 16.1 Å². The van der Waals surface area contributed by atoms with E-state index in [1.807, 2.05) is 26.0 Å². The Hall–Kier alpha value is -1.75. The molecule has 1 heterocycles. The molecule has 0 bridgehead atoms. The van der Waals surface area contributed by atoms with E-state index >= 15 is 0 Å². The number of carbonyl (C=O) groups excluding carboxylic acids is 1. The van der Waals surface area contributed by atoms with E-state index in [0.29, 0.717) is 48.7 Å². The third kappa shape index (κ3) is 4.80. The number of carbonyl (C=O) groups is 1. The number of ether oxygens (including phenoxy) is 1. The van der Waals surface area contributed by atoms with Gasteiger partial charge in [-0.25, -0.2) is 0 Å². The average Bonchev–Trinajstić information content (AvgIpc) is 2.86. The van der Waals surface area contributed by atoms with E-state index in [-0.39, 0.29) is 12.5 Å². The number of likely N-dealkylation sites (tertiary alicyclic amines) is 1. The van der Waals surface area contributed by atoms with E-state index in [1.54, 1.807) is 29.2 Å². The van der Waals surface area contributed by atoms with E-state index in [1.165, 1.54) is 0 Å². The van der Waals surface area contributed by atoms with E-state index in [4.69, 9.17) is 27.9 Å². The van der Waals surface area contributed by atoms with Crippen molar-refractivity contribution in [2.45, 2.75) is 38.7 Å². The van der Waals surface area contributed by atoms with Crippen molar-refractivity contribution in [3.05, 3.63) is 63.1 Å². The van der Waals surface area contributed by atoms with Crippen molar-refractivity contribution >= 4 is 29.1 Å². The second-order valence-electron chi connectivity index (χ2n) is 7.51. The number of hydrogen-bond acceptors (Lipinski definition) is 3. The summed E-state index contributed by atoms with van der Waals surface area (Å²) < 4.78 is 5.89. The van der Waals surface area contributed by atoms with Gasteiger partial charge in [0.1, 0.15) is 18.0 Å². The Kier molecular flexibility index (Phi) is 6.54. The Morgan fingerprint density at radius 3 is 2.50 bits per heavy atom. The van der Waals surface area contributed by atoms with Gasteiger partial charge in [0, 0.05) is 18.1 Å². The van der Waals surface area contributed by atoms with Crippen molar-refractivity contribution in [1.82, 2.24) is 4.90 Å². The van der Waals surface area contributed by atoms with Crippen LogP contribution in [0.1, 0.15) is 40.7 Å². The standard InChI is InChI=1S/C22H25Cl2NO3/c1-15-12-17(13-16(2)20(15)24)28-14-22(27)8-5-10-25(11-9-22)21(26)18-6-3-4-7-19(18)23/h3-4,6-7,12-13,27H,5,8-11,14H2,1-2H3. The molecule has 28 heavy (non-hydrogen) atoms. The van der Waals surface area contributed by atoms with Crippen LogP contribution >= 0.6 is 23.2 Å². The molecule has 2 aromatic carbocycles. The highest BCUT2D eigenvalue weighted by Gasteiger charge is 2.33. The van der Waals surface area contributed by atoms with Crippen LogP contribution < -0.4 is 4.74 Å². The summed E-state index contributed by atoms with van der Waals surface area (Å²) in [5.74, 6) is 0.598. The second-order valence-corrected chi connectivity index (χ2v) is 8.29. The Balaban J connectivity index is 1.64. The van der Waals surface area contributed by atoms with Gasteiger partial charge in [0.2, 0.25) is 0 Å². The van der Waals surface area contributed by atoms with Crippen LogP contribution in [-0.4, -0.2) is 41.2 Å². The van der Waals surface area contributed by atoms with Gasteiger partial charge in [-0.1, -0.05) is 35.3 Å². The Bertz CT molecular complexity index is 848. The van der Waals surface area contributed by atoms with Gasteiger partial charge in [0.15, 0.2) is 0 Å². The Labute approximate surface area is 176 Å². The number of hydrogen-bond donors (Lipinski definition) is 1. The third-order valence-electron chi connectivity index (χ3n) is 5.23. The Morgan fingerprint density at radius 1 is 1.14 bits per heavy atom. The van der Waals surface area contributed by atoms with E-state index in [2.05, 4.69) is 0 Å². The molecule has 1 unspecified atom stereocenters. The fourth-order valence-electron chi connectivity index (χ4n) is 3.54. The van der Waals surface area contributed by atoms with Crippen LogP contribution in [-0.2, 0) is 0 Å². The first kappa shape index (κ1) is 21.0. The van der Waals surface area contributed by atoms with Crippen LogP contribution in [0.15, 0.2) is 36.4 Å². The van der Waals surface area contributed by atoms with E-state index < -0.39 is 5.60 Å². The molecule has 2 aromatic rings. The number of aliphatic hydroxyl groups is 1. The molecule has 1 fully saturated rings. The lowest BCUT2D eigenvalue weighted by atomic mass is 9.96. The maximum atomic E-state index is 12.8. The van der Waals surface area contributed by atoms with Crippen molar-refractivity contribution < 1.29 is 14.6 Å². The van der Waals surface area contributed by atoms with Crippen molar-refractivity contribution in [1.29, 1.82) is 0 Å². The zero-order valence-electron chi connectivity index (χ0n) is 16.2. The molecule has 1 amide bonds. The predicted octanol–water partition coefficient (Wildman–Crippen LogP) is 5.05. The maximum Gasteiger partial charge on any atom is 0.255 e. The molecule has 1 atom stereocenters. The number of amides is 1. The molecular formula is C22H25Cl2NO3. The summed E-state index contributed by atoms with van der Waals surface area (Å²) in [6.45, 7) is 5.09. The number of rotatable bonds is 4. The second kappa shape index (κ2) is 8.73. The smallest absolute Gasteiger partial charge is 0.255 e. The summed E-state index contributed by atoms with van der Waals surface area (Å²) in [4.78, 5) is 14.5. The van der Waals surface area contributed by atoms with Crippen molar-refractivity contribution in [2.24, 2.45) is 0 Å². The molecule has 150 valence electrons. The van der Waals surface area contributed by atoms with Gasteiger partial charge in [-0.15, -0.1) is 0 Å². The first-order chi connectivity index (χ1) is 13.3. The zero-order chi connectivity index (χ0) is 20.3. The van der Waals surface area contributed by atoms with Gasteiger partial charge in [0.05, 0.1) is 10.6 Å². The van der Waals surface area contributed by atoms with Crippen molar-refractivity contribution in [3.8, 4) is 5.75 Å². The quantitative estimate of drug-likeness (QED) is 0.751. The molecule has 3 rings (SSSR count). The molecule has 1 aliphatic rings. The summed E-state index contributed by atoms with van der Waals surface area (Å²) in [6.07, 6.45) is 1.73. The van der Waals surface area contributed by atoms with Crippen LogP contribution in [0.25, 0.3) is 0 Å². The summed E-state index contributed by atoms with van der Waals surface area (Å²) in [7, 11) is 0. The SMILES string of the molecule is Cc1cc(OCC2(O)CCCN(C(=O)c3ccccc3Cl)CC2)cc(C)c1Cl. The average molecular weight is 422 g/mol. The molecule has 0 aliphatic carbocycles. The van der Waals surface area contributed by atoms with Gasteiger partial charge < -0.3 is 14.7 Å². The van der Waals surface area contributed by atoms with Gasteiger partial charge in [0.25, 0.3) is 5.91 Å². The minimum absolute atomic E-state index is 0.0975. The predicted molar refractivity (Wildman–Crippen MR) is 113 cm³/mol. The molecule has 0 radical (unpaired) electrons. The van der Waals surface area contributed by atoms with E-state index in [9.17, 15) is 9.90 Å². The van der Waals surface area contributed by atoms with Crippen LogP contribution in [0.3, 0.4) is 0 Å². The monoisotopic (exact) mass is 421 g/mol. The first-order valence-electron chi connectivity index (χ1n) is 9.45. The molecule has 0 saturated carbocycles. The number of aryl methyl sites for hydroxylation is 2. The molecule has 1 N–H and O–H groups in total. The summed E-state index contributed by atoms with van der Waals surface area (Å²) in [5.41, 5.74) is 1.41. The van der Waals surface area contributed by atoms with Crippen LogP contribution in [0.4, 0.5) is 0 Å². The number of nitrogens with zero attached hydrogens (tertiary/aromatic N) is 1. The molecule has 4 nitrogen and oxygen atoms in total. The van der Waals surface area contributed by atoms with Gasteiger partial charge in [-0.05, 0) is 68.5 Å².